The van der Waals surface area contributed by atoms with Gasteiger partial charge in [0.05, 0.1) is 5.60 Å². The Hall–Kier alpha value is -0.610. The van der Waals surface area contributed by atoms with E-state index in [4.69, 9.17) is 4.79 Å². The largest absolute Gasteiger partial charge is 0.390 e. The van der Waals surface area contributed by atoms with Crippen molar-refractivity contribution in [3.8, 4) is 0 Å². The number of hydrogen-bond acceptors (Lipinski definition) is 3. The third-order valence-electron chi connectivity index (χ3n) is 2.38. The highest BCUT2D eigenvalue weighted by atomic mass is 16.3. The Morgan fingerprint density at radius 3 is 1.94 bits per heavy atom. The van der Waals surface area contributed by atoms with Crippen LogP contribution in [0.5, 0.6) is 0 Å². The number of carbonyl (C=O) groups is 1. The van der Waals surface area contributed by atoms with E-state index in [2.05, 4.69) is 38.3 Å². The second-order valence-electron chi connectivity index (χ2n) is 5.62. The maximum Gasteiger partial charge on any atom is 0.206 e. The molecular formula is C13H30N2O2. The van der Waals surface area contributed by atoms with Crippen molar-refractivity contribution in [2.24, 2.45) is 0 Å². The highest BCUT2D eigenvalue weighted by Crippen LogP contribution is 2.23. The lowest BCUT2D eigenvalue weighted by atomic mass is 9.86. The molecule has 0 rings (SSSR count). The van der Waals surface area contributed by atoms with Crippen molar-refractivity contribution in [3.05, 3.63) is 0 Å². The zero-order valence-corrected chi connectivity index (χ0v) is 12.4. The van der Waals surface area contributed by atoms with E-state index in [0.717, 1.165) is 12.8 Å². The lowest BCUT2D eigenvalue weighted by Crippen LogP contribution is -2.48. The SMILES string of the molecule is CCC(C)(O)CC(C)(C)NC(C)C.CNC=O. The van der Waals surface area contributed by atoms with Gasteiger partial charge in [0.15, 0.2) is 0 Å². The van der Waals surface area contributed by atoms with Crippen LogP contribution in [-0.4, -0.2) is 35.7 Å². The summed E-state index contributed by atoms with van der Waals surface area (Å²) in [5.41, 5.74) is -0.543. The molecule has 104 valence electrons. The molecule has 0 spiro atoms. The summed E-state index contributed by atoms with van der Waals surface area (Å²) < 4.78 is 0. The van der Waals surface area contributed by atoms with Crippen LogP contribution in [0.3, 0.4) is 0 Å². The highest BCUT2D eigenvalue weighted by molar-refractivity contribution is 5.44. The minimum atomic E-state index is -0.550. The van der Waals surface area contributed by atoms with Crippen molar-refractivity contribution < 1.29 is 9.90 Å². The van der Waals surface area contributed by atoms with E-state index in [-0.39, 0.29) is 5.54 Å². The zero-order valence-electron chi connectivity index (χ0n) is 12.4. The van der Waals surface area contributed by atoms with Gasteiger partial charge in [0, 0.05) is 18.6 Å². The van der Waals surface area contributed by atoms with E-state index in [0.29, 0.717) is 12.5 Å². The minimum absolute atomic E-state index is 0.00762. The molecule has 0 saturated heterocycles. The Kier molecular flexibility index (Phi) is 9.35. The van der Waals surface area contributed by atoms with Gasteiger partial charge in [-0.25, -0.2) is 0 Å². The Balaban J connectivity index is 0. The minimum Gasteiger partial charge on any atom is -0.390 e. The number of rotatable bonds is 6. The lowest BCUT2D eigenvalue weighted by Gasteiger charge is -2.35. The fraction of sp³-hybridized carbons (Fsp3) is 0.923. The quantitative estimate of drug-likeness (QED) is 0.625. The van der Waals surface area contributed by atoms with Gasteiger partial charge in [-0.05, 0) is 33.6 Å². The average molecular weight is 246 g/mol. The van der Waals surface area contributed by atoms with Crippen molar-refractivity contribution in [1.82, 2.24) is 10.6 Å². The van der Waals surface area contributed by atoms with Gasteiger partial charge in [-0.2, -0.15) is 0 Å². The standard InChI is InChI=1S/C11H25NO.C2H5NO/c1-7-11(6,13)8-10(4,5)12-9(2)3;1-3-2-4/h9,12-13H,7-8H2,1-6H3;2H,1H3,(H,3,4). The number of aliphatic hydroxyl groups is 1. The molecule has 3 N–H and O–H groups in total. The number of amides is 1. The summed E-state index contributed by atoms with van der Waals surface area (Å²) in [5, 5.41) is 15.6. The van der Waals surface area contributed by atoms with Gasteiger partial charge in [0.2, 0.25) is 6.41 Å². The van der Waals surface area contributed by atoms with E-state index < -0.39 is 5.60 Å². The maximum atomic E-state index is 9.93. The highest BCUT2D eigenvalue weighted by Gasteiger charge is 2.29. The lowest BCUT2D eigenvalue weighted by molar-refractivity contribution is -0.109. The predicted molar refractivity (Wildman–Crippen MR) is 73.0 cm³/mol. The van der Waals surface area contributed by atoms with Crippen molar-refractivity contribution >= 4 is 6.41 Å². The van der Waals surface area contributed by atoms with E-state index in [1.54, 1.807) is 7.05 Å². The summed E-state index contributed by atoms with van der Waals surface area (Å²) in [6.07, 6.45) is 2.21. The molecule has 0 aliphatic rings. The molecule has 1 atom stereocenters. The van der Waals surface area contributed by atoms with Crippen LogP contribution in [0.2, 0.25) is 0 Å². The van der Waals surface area contributed by atoms with Gasteiger partial charge >= 0.3 is 0 Å². The Morgan fingerprint density at radius 1 is 1.29 bits per heavy atom. The molecule has 0 aromatic rings. The topological polar surface area (TPSA) is 61.4 Å². The third-order valence-corrected chi connectivity index (χ3v) is 2.38. The first-order valence-electron chi connectivity index (χ1n) is 6.21. The van der Waals surface area contributed by atoms with Gasteiger partial charge in [0.25, 0.3) is 0 Å². The van der Waals surface area contributed by atoms with Gasteiger partial charge < -0.3 is 15.7 Å². The molecule has 17 heavy (non-hydrogen) atoms. The summed E-state index contributed by atoms with van der Waals surface area (Å²) in [6.45, 7) is 12.4. The van der Waals surface area contributed by atoms with Crippen LogP contribution in [-0.2, 0) is 4.79 Å². The Morgan fingerprint density at radius 2 is 1.71 bits per heavy atom. The van der Waals surface area contributed by atoms with Crippen molar-refractivity contribution in [2.45, 2.75) is 71.6 Å². The summed E-state index contributed by atoms with van der Waals surface area (Å²) in [5.74, 6) is 0. The first-order valence-corrected chi connectivity index (χ1v) is 6.21. The second-order valence-corrected chi connectivity index (χ2v) is 5.62. The Bertz CT molecular complexity index is 202. The average Bonchev–Trinajstić information content (AvgIpc) is 2.14. The molecule has 1 unspecified atom stereocenters. The van der Waals surface area contributed by atoms with E-state index in [1.165, 1.54) is 0 Å². The number of carbonyl (C=O) groups excluding carboxylic acids is 1. The predicted octanol–water partition coefficient (Wildman–Crippen LogP) is 1.68. The van der Waals surface area contributed by atoms with Crippen LogP contribution in [0.15, 0.2) is 0 Å². The van der Waals surface area contributed by atoms with Crippen LogP contribution in [0.25, 0.3) is 0 Å². The first kappa shape index (κ1) is 18.7. The molecule has 1 amide bonds. The third kappa shape index (κ3) is 13.3. The first-order chi connectivity index (χ1) is 7.60. The second kappa shape index (κ2) is 8.48. The molecule has 0 aromatic carbocycles. The number of nitrogens with one attached hydrogen (secondary N) is 2. The van der Waals surface area contributed by atoms with Crippen LogP contribution >= 0.6 is 0 Å². The summed E-state index contributed by atoms with van der Waals surface area (Å²) >= 11 is 0. The number of hydrogen-bond donors (Lipinski definition) is 3. The summed E-state index contributed by atoms with van der Waals surface area (Å²) in [4.78, 5) is 9.06. The van der Waals surface area contributed by atoms with Crippen molar-refractivity contribution in [2.75, 3.05) is 7.05 Å². The summed E-state index contributed by atoms with van der Waals surface area (Å²) in [6, 6.07) is 0.461. The van der Waals surface area contributed by atoms with Crippen LogP contribution in [0.1, 0.15) is 54.4 Å². The Labute approximate surface area is 106 Å². The fourth-order valence-electron chi connectivity index (χ4n) is 1.91. The molecule has 0 bridgehead atoms. The van der Waals surface area contributed by atoms with Gasteiger partial charge in [-0.1, -0.05) is 20.8 Å². The van der Waals surface area contributed by atoms with Crippen molar-refractivity contribution in [1.29, 1.82) is 0 Å². The molecular weight excluding hydrogens is 216 g/mol. The molecule has 4 heteroatoms. The molecule has 4 nitrogen and oxygen atoms in total. The maximum absolute atomic E-state index is 9.93. The molecule has 0 radical (unpaired) electrons. The van der Waals surface area contributed by atoms with Gasteiger partial charge in [-0.3, -0.25) is 4.79 Å². The molecule has 0 aliphatic heterocycles. The van der Waals surface area contributed by atoms with Gasteiger partial charge in [-0.15, -0.1) is 0 Å². The molecule has 0 fully saturated rings. The summed E-state index contributed by atoms with van der Waals surface area (Å²) in [7, 11) is 1.56. The molecule has 0 aliphatic carbocycles. The smallest absolute Gasteiger partial charge is 0.206 e. The van der Waals surface area contributed by atoms with E-state index in [9.17, 15) is 5.11 Å². The fourth-order valence-corrected chi connectivity index (χ4v) is 1.91. The van der Waals surface area contributed by atoms with Crippen LogP contribution < -0.4 is 10.6 Å². The van der Waals surface area contributed by atoms with Gasteiger partial charge in [0.1, 0.15) is 0 Å². The molecule has 0 aromatic heterocycles. The normalized spacial score (nSPS) is 14.6. The molecule has 0 heterocycles. The van der Waals surface area contributed by atoms with E-state index >= 15 is 0 Å². The van der Waals surface area contributed by atoms with Crippen LogP contribution in [0, 0.1) is 0 Å². The van der Waals surface area contributed by atoms with E-state index in [1.807, 2.05) is 13.8 Å². The molecule has 0 saturated carbocycles. The zero-order chi connectivity index (χ0) is 14.1. The van der Waals surface area contributed by atoms with Crippen LogP contribution in [0.4, 0.5) is 0 Å². The van der Waals surface area contributed by atoms with Crippen molar-refractivity contribution in [3.63, 3.8) is 0 Å². The monoisotopic (exact) mass is 246 g/mol.